The monoisotopic (exact) mass is 484 g/mol. The van der Waals surface area contributed by atoms with Crippen molar-refractivity contribution in [3.8, 4) is 0 Å². The van der Waals surface area contributed by atoms with Crippen molar-refractivity contribution < 1.29 is 9.59 Å². The Labute approximate surface area is 200 Å². The van der Waals surface area contributed by atoms with Gasteiger partial charge in [0.2, 0.25) is 11.8 Å². The van der Waals surface area contributed by atoms with Crippen molar-refractivity contribution in [1.82, 2.24) is 5.32 Å². The molecule has 3 unspecified atom stereocenters. The number of carbonyl (C=O) groups is 2. The molecule has 32 heavy (non-hydrogen) atoms. The van der Waals surface area contributed by atoms with Crippen LogP contribution in [0.15, 0.2) is 66.7 Å². The molecule has 3 aromatic rings. The topological polar surface area (TPSA) is 58.2 Å². The van der Waals surface area contributed by atoms with Gasteiger partial charge in [0.05, 0.1) is 5.41 Å². The number of hydrogen-bond acceptors (Lipinski definition) is 2. The third-order valence-electron chi connectivity index (χ3n) is 6.55. The minimum absolute atomic E-state index is 0.121. The number of benzene rings is 3. The van der Waals surface area contributed by atoms with E-state index in [0.717, 1.165) is 11.1 Å². The van der Waals surface area contributed by atoms with E-state index in [2.05, 4.69) is 10.6 Å². The van der Waals surface area contributed by atoms with Gasteiger partial charge in [-0.2, -0.15) is 0 Å². The number of carbonyl (C=O) groups excluding carboxylic acids is 2. The van der Waals surface area contributed by atoms with Crippen LogP contribution in [0.2, 0.25) is 15.1 Å². The minimum atomic E-state index is -1.14. The second-order valence-corrected chi connectivity index (χ2v) is 9.49. The summed E-state index contributed by atoms with van der Waals surface area (Å²) in [4.78, 5) is 26.9. The largest absolute Gasteiger partial charge is 0.355 e. The number of anilines is 1. The second kappa shape index (κ2) is 8.11. The van der Waals surface area contributed by atoms with Crippen LogP contribution < -0.4 is 10.6 Å². The van der Waals surface area contributed by atoms with Crippen molar-refractivity contribution in [3.63, 3.8) is 0 Å². The third kappa shape index (κ3) is 3.29. The van der Waals surface area contributed by atoms with Gasteiger partial charge in [-0.15, -0.1) is 0 Å². The zero-order valence-corrected chi connectivity index (χ0v) is 19.1. The Morgan fingerprint density at radius 2 is 1.44 bits per heavy atom. The van der Waals surface area contributed by atoms with Gasteiger partial charge in [-0.3, -0.25) is 9.59 Å². The molecular formula is C25H19Cl3N2O2. The summed E-state index contributed by atoms with van der Waals surface area (Å²) in [7, 11) is 0. The molecule has 1 spiro atoms. The molecule has 3 aromatic carbocycles. The highest BCUT2D eigenvalue weighted by atomic mass is 35.5. The summed E-state index contributed by atoms with van der Waals surface area (Å²) in [5.41, 5.74) is 1.90. The molecule has 0 aliphatic carbocycles. The van der Waals surface area contributed by atoms with Gasteiger partial charge in [0.1, 0.15) is 0 Å². The Bertz CT molecular complexity index is 1250. The molecule has 0 saturated carbocycles. The molecule has 4 nitrogen and oxygen atoms in total. The molecule has 7 heteroatoms. The highest BCUT2D eigenvalue weighted by Crippen LogP contribution is 2.58. The number of halogens is 3. The fraction of sp³-hybridized carbons (Fsp3) is 0.200. The first-order chi connectivity index (χ1) is 15.4. The van der Waals surface area contributed by atoms with E-state index in [1.54, 1.807) is 18.2 Å². The van der Waals surface area contributed by atoms with Crippen LogP contribution in [0.3, 0.4) is 0 Å². The smallest absolute Gasteiger partial charge is 0.236 e. The molecule has 2 aliphatic heterocycles. The summed E-state index contributed by atoms with van der Waals surface area (Å²) in [5, 5.41) is 7.63. The maximum atomic E-state index is 14.0. The Morgan fingerprint density at radius 1 is 0.812 bits per heavy atom. The lowest BCUT2D eigenvalue weighted by molar-refractivity contribution is -0.123. The number of amides is 2. The average Bonchev–Trinajstić information content (AvgIpc) is 2.96. The Morgan fingerprint density at radius 3 is 2.09 bits per heavy atom. The van der Waals surface area contributed by atoms with Gasteiger partial charge >= 0.3 is 0 Å². The molecule has 2 N–H and O–H groups in total. The fourth-order valence-corrected chi connectivity index (χ4v) is 6.03. The summed E-state index contributed by atoms with van der Waals surface area (Å²) in [5.74, 6) is -1.22. The van der Waals surface area contributed by atoms with Crippen molar-refractivity contribution in [1.29, 1.82) is 0 Å². The molecule has 162 valence electrons. The Balaban J connectivity index is 1.86. The Hall–Kier alpha value is -2.53. The first kappa shape index (κ1) is 21.3. The van der Waals surface area contributed by atoms with E-state index in [1.165, 1.54) is 0 Å². The van der Waals surface area contributed by atoms with Crippen LogP contribution in [0.25, 0.3) is 0 Å². The lowest BCUT2D eigenvalue weighted by atomic mass is 9.59. The van der Waals surface area contributed by atoms with E-state index in [-0.39, 0.29) is 24.8 Å². The molecule has 5 rings (SSSR count). The summed E-state index contributed by atoms with van der Waals surface area (Å²) < 4.78 is 0. The van der Waals surface area contributed by atoms with Crippen LogP contribution in [-0.2, 0) is 15.0 Å². The van der Waals surface area contributed by atoms with E-state index < -0.39 is 17.3 Å². The molecule has 2 heterocycles. The van der Waals surface area contributed by atoms with Crippen molar-refractivity contribution in [3.05, 3.63) is 98.5 Å². The maximum absolute atomic E-state index is 14.0. The van der Waals surface area contributed by atoms with Gasteiger partial charge in [-0.1, -0.05) is 65.1 Å². The number of nitrogens with one attached hydrogen (secondary N) is 2. The molecular weight excluding hydrogens is 467 g/mol. The number of hydrogen-bond donors (Lipinski definition) is 2. The zero-order valence-electron chi connectivity index (χ0n) is 16.9. The van der Waals surface area contributed by atoms with E-state index >= 15 is 0 Å². The molecule has 3 atom stereocenters. The third-order valence-corrected chi connectivity index (χ3v) is 7.33. The second-order valence-electron chi connectivity index (χ2n) is 8.21. The van der Waals surface area contributed by atoms with Crippen molar-refractivity contribution in [2.45, 2.75) is 23.7 Å². The highest BCUT2D eigenvalue weighted by Gasteiger charge is 2.60. The maximum Gasteiger partial charge on any atom is 0.236 e. The van der Waals surface area contributed by atoms with Gasteiger partial charge in [0, 0.05) is 51.1 Å². The summed E-state index contributed by atoms with van der Waals surface area (Å²) in [6.45, 7) is 0.272. The van der Waals surface area contributed by atoms with E-state index in [9.17, 15) is 9.59 Å². The summed E-state index contributed by atoms with van der Waals surface area (Å²) in [6, 6.07) is 20.2. The number of rotatable bonds is 2. The van der Waals surface area contributed by atoms with Crippen molar-refractivity contribution >= 4 is 52.3 Å². The van der Waals surface area contributed by atoms with Gasteiger partial charge in [0.25, 0.3) is 0 Å². The Kier molecular flexibility index (Phi) is 5.40. The predicted octanol–water partition coefficient (Wildman–Crippen LogP) is 5.92. The molecule has 2 amide bonds. The summed E-state index contributed by atoms with van der Waals surface area (Å²) in [6.07, 6.45) is 0.121. The number of fused-ring (bicyclic) bond motifs is 2. The van der Waals surface area contributed by atoms with Gasteiger partial charge in [-0.25, -0.2) is 0 Å². The van der Waals surface area contributed by atoms with Crippen LogP contribution in [0, 0.1) is 0 Å². The normalized spacial score (nSPS) is 24.6. The lowest BCUT2D eigenvalue weighted by Gasteiger charge is -2.41. The SMILES string of the molecule is O=C1CC(c2cccc(Cl)c2)C2(C(=O)Nc3cccc(Cl)c32)C(c2cccc(Cl)c2)CN1. The van der Waals surface area contributed by atoms with Crippen LogP contribution >= 0.6 is 34.8 Å². The quantitative estimate of drug-likeness (QED) is 0.473. The van der Waals surface area contributed by atoms with E-state index in [4.69, 9.17) is 34.8 Å². The molecule has 0 aromatic heterocycles. The van der Waals surface area contributed by atoms with Gasteiger partial charge < -0.3 is 10.6 Å². The van der Waals surface area contributed by atoms with E-state index in [0.29, 0.717) is 26.3 Å². The summed E-state index contributed by atoms with van der Waals surface area (Å²) >= 11 is 19.4. The van der Waals surface area contributed by atoms with Crippen LogP contribution in [0.1, 0.15) is 34.9 Å². The first-order valence-electron chi connectivity index (χ1n) is 10.3. The van der Waals surface area contributed by atoms with Crippen molar-refractivity contribution in [2.24, 2.45) is 0 Å². The molecule has 0 bridgehead atoms. The lowest BCUT2D eigenvalue weighted by Crippen LogP contribution is -2.47. The molecule has 0 radical (unpaired) electrons. The highest BCUT2D eigenvalue weighted by molar-refractivity contribution is 6.33. The van der Waals surface area contributed by atoms with Crippen molar-refractivity contribution in [2.75, 3.05) is 11.9 Å². The predicted molar refractivity (Wildman–Crippen MR) is 128 cm³/mol. The average molecular weight is 486 g/mol. The van der Waals surface area contributed by atoms with Crippen LogP contribution in [0.5, 0.6) is 0 Å². The molecule has 1 fully saturated rings. The van der Waals surface area contributed by atoms with E-state index in [1.807, 2.05) is 48.5 Å². The minimum Gasteiger partial charge on any atom is -0.355 e. The van der Waals surface area contributed by atoms with Gasteiger partial charge in [-0.05, 0) is 47.5 Å². The van der Waals surface area contributed by atoms with Crippen LogP contribution in [-0.4, -0.2) is 18.4 Å². The molecule has 1 saturated heterocycles. The first-order valence-corrected chi connectivity index (χ1v) is 11.4. The zero-order chi connectivity index (χ0) is 22.5. The van der Waals surface area contributed by atoms with Crippen LogP contribution in [0.4, 0.5) is 5.69 Å². The standard InChI is InChI=1S/C25H19Cl3N2O2/c26-16-6-1-4-14(10-16)18-12-22(31)29-13-19(15-5-2-7-17(27)11-15)25(18)23-20(28)8-3-9-21(23)30-24(25)32/h1-11,18-19H,12-13H2,(H,29,31)(H,30,32). The molecule has 2 aliphatic rings. The fourth-order valence-electron chi connectivity index (χ4n) is 5.30. The van der Waals surface area contributed by atoms with Gasteiger partial charge in [0.15, 0.2) is 0 Å².